The Morgan fingerprint density at radius 2 is 1.92 bits per heavy atom. The molecule has 0 spiro atoms. The second kappa shape index (κ2) is 8.72. The maximum Gasteiger partial charge on any atom is 0.158 e. The van der Waals surface area contributed by atoms with E-state index in [1.54, 1.807) is 11.8 Å². The molecule has 0 aliphatic carbocycles. The van der Waals surface area contributed by atoms with Crippen molar-refractivity contribution in [1.82, 2.24) is 14.8 Å². The molecule has 1 saturated heterocycles. The lowest BCUT2D eigenvalue weighted by Gasteiger charge is -2.17. The lowest BCUT2D eigenvalue weighted by atomic mass is 10.2. The highest BCUT2D eigenvalue weighted by Crippen LogP contribution is 2.25. The van der Waals surface area contributed by atoms with Crippen molar-refractivity contribution in [3.05, 3.63) is 30.1 Å². The zero-order valence-corrected chi connectivity index (χ0v) is 16.0. The number of hydrogen-bond donors (Lipinski definition) is 1. The quantitative estimate of drug-likeness (QED) is 0.783. The number of thioether (sulfide) groups is 1. The van der Waals surface area contributed by atoms with Crippen LogP contribution in [-0.4, -0.2) is 51.1 Å². The zero-order chi connectivity index (χ0) is 17.6. The highest BCUT2D eigenvalue weighted by molar-refractivity contribution is 7.98. The molecule has 3 rings (SSSR count). The molecule has 0 bridgehead atoms. The fourth-order valence-corrected chi connectivity index (χ4v) is 3.54. The third kappa shape index (κ3) is 4.55. The van der Waals surface area contributed by atoms with Gasteiger partial charge in [0.2, 0.25) is 0 Å². The van der Waals surface area contributed by atoms with E-state index in [-0.39, 0.29) is 0 Å². The number of nitrogens with zero attached hydrogens (tertiary/aromatic N) is 4. The van der Waals surface area contributed by atoms with Crippen molar-refractivity contribution in [2.75, 3.05) is 30.0 Å². The molecule has 1 aliphatic heterocycles. The summed E-state index contributed by atoms with van der Waals surface area (Å²) < 4.78 is 1.87. The number of hydrogen-bond acceptors (Lipinski definition) is 5. The molecule has 6 heteroatoms. The lowest BCUT2D eigenvalue weighted by Crippen LogP contribution is -2.18. The van der Waals surface area contributed by atoms with E-state index in [1.807, 2.05) is 11.6 Å². The van der Waals surface area contributed by atoms with Gasteiger partial charge in [-0.05, 0) is 49.8 Å². The molecule has 5 nitrogen and oxygen atoms in total. The Morgan fingerprint density at radius 1 is 1.20 bits per heavy atom. The number of aryl methyl sites for hydroxylation is 1. The molecule has 1 unspecified atom stereocenters. The summed E-state index contributed by atoms with van der Waals surface area (Å²) in [6, 6.07) is 8.62. The summed E-state index contributed by atoms with van der Waals surface area (Å²) in [5.41, 5.74) is 2.35. The molecule has 0 amide bonds. The van der Waals surface area contributed by atoms with Crippen LogP contribution in [0.5, 0.6) is 0 Å². The zero-order valence-electron chi connectivity index (χ0n) is 15.2. The Bertz CT molecular complexity index is 665. The topological polar surface area (TPSA) is 54.2 Å². The molecule has 2 aromatic rings. The number of aliphatic hydroxyl groups excluding tert-OH is 1. The molecule has 136 valence electrons. The second-order valence-electron chi connectivity index (χ2n) is 6.58. The number of benzene rings is 1. The van der Waals surface area contributed by atoms with Gasteiger partial charge in [0, 0.05) is 36.5 Å². The van der Waals surface area contributed by atoms with Gasteiger partial charge < -0.3 is 10.0 Å². The van der Waals surface area contributed by atoms with Crippen LogP contribution in [0.2, 0.25) is 0 Å². The number of aliphatic hydroxyl groups is 1. The summed E-state index contributed by atoms with van der Waals surface area (Å²) in [5.74, 6) is 2.72. The van der Waals surface area contributed by atoms with E-state index in [0.717, 1.165) is 42.5 Å². The van der Waals surface area contributed by atoms with E-state index in [1.165, 1.54) is 18.5 Å². The van der Waals surface area contributed by atoms with E-state index in [4.69, 9.17) is 4.98 Å². The molecule has 0 radical (unpaired) electrons. The van der Waals surface area contributed by atoms with Gasteiger partial charge in [-0.3, -0.25) is 0 Å². The third-order valence-corrected chi connectivity index (χ3v) is 5.31. The van der Waals surface area contributed by atoms with Crippen LogP contribution in [0.25, 0.3) is 11.4 Å². The normalized spacial score (nSPS) is 15.7. The van der Waals surface area contributed by atoms with Crippen LogP contribution in [0, 0.1) is 0 Å². The summed E-state index contributed by atoms with van der Waals surface area (Å²) >= 11 is 1.80. The van der Waals surface area contributed by atoms with Gasteiger partial charge in [0.25, 0.3) is 0 Å². The van der Waals surface area contributed by atoms with Crippen molar-refractivity contribution in [2.24, 2.45) is 0 Å². The van der Waals surface area contributed by atoms with E-state index in [2.05, 4.69) is 40.5 Å². The van der Waals surface area contributed by atoms with Crippen molar-refractivity contribution >= 4 is 17.4 Å². The SMILES string of the molecule is CCC(O)Cn1nc(CCSC)nc1-c1ccc(N2CCCC2)cc1. The molecule has 1 fully saturated rings. The lowest BCUT2D eigenvalue weighted by molar-refractivity contribution is 0.145. The summed E-state index contributed by atoms with van der Waals surface area (Å²) in [6.07, 6.45) is 5.84. The number of aromatic nitrogens is 3. The highest BCUT2D eigenvalue weighted by Gasteiger charge is 2.16. The molecule has 2 heterocycles. The maximum atomic E-state index is 10.1. The van der Waals surface area contributed by atoms with Gasteiger partial charge >= 0.3 is 0 Å². The van der Waals surface area contributed by atoms with Gasteiger partial charge in [-0.25, -0.2) is 9.67 Å². The predicted octanol–water partition coefficient (Wildman–Crippen LogP) is 3.22. The van der Waals surface area contributed by atoms with E-state index in [9.17, 15) is 5.11 Å². The largest absolute Gasteiger partial charge is 0.391 e. The van der Waals surface area contributed by atoms with E-state index in [0.29, 0.717) is 13.0 Å². The van der Waals surface area contributed by atoms with E-state index < -0.39 is 6.10 Å². The molecule has 1 aromatic heterocycles. The molecule has 0 saturated carbocycles. The van der Waals surface area contributed by atoms with Crippen LogP contribution in [0.15, 0.2) is 24.3 Å². The van der Waals surface area contributed by atoms with Gasteiger partial charge in [-0.2, -0.15) is 16.9 Å². The van der Waals surface area contributed by atoms with Crippen LogP contribution in [0.1, 0.15) is 32.0 Å². The summed E-state index contributed by atoms with van der Waals surface area (Å²) in [7, 11) is 0. The minimum absolute atomic E-state index is 0.391. The Labute approximate surface area is 154 Å². The Morgan fingerprint density at radius 3 is 2.56 bits per heavy atom. The van der Waals surface area contributed by atoms with Crippen molar-refractivity contribution in [1.29, 1.82) is 0 Å². The van der Waals surface area contributed by atoms with Crippen LogP contribution in [0.3, 0.4) is 0 Å². The molecule has 1 aromatic carbocycles. The van der Waals surface area contributed by atoms with Crippen molar-refractivity contribution < 1.29 is 5.11 Å². The number of rotatable bonds is 8. The molecule has 1 atom stereocenters. The Kier molecular flexibility index (Phi) is 6.37. The molecular weight excluding hydrogens is 332 g/mol. The molecular formula is C19H28N4OS. The first-order valence-corrected chi connectivity index (χ1v) is 10.6. The minimum Gasteiger partial charge on any atom is -0.391 e. The first-order valence-electron chi connectivity index (χ1n) is 9.17. The van der Waals surface area contributed by atoms with Gasteiger partial charge in [-0.1, -0.05) is 6.92 Å². The van der Waals surface area contributed by atoms with Crippen molar-refractivity contribution in [3.63, 3.8) is 0 Å². The number of anilines is 1. The maximum absolute atomic E-state index is 10.1. The first kappa shape index (κ1) is 18.3. The van der Waals surface area contributed by atoms with Crippen LogP contribution in [-0.2, 0) is 13.0 Å². The van der Waals surface area contributed by atoms with Crippen LogP contribution >= 0.6 is 11.8 Å². The standard InChI is InChI=1S/C19H28N4OS/c1-3-17(24)14-23-19(20-18(21-23)10-13-25-2)15-6-8-16(9-7-15)22-11-4-5-12-22/h6-9,17,24H,3-5,10-14H2,1-2H3. The fraction of sp³-hybridized carbons (Fsp3) is 0.579. The first-order chi connectivity index (χ1) is 12.2. The van der Waals surface area contributed by atoms with Gasteiger partial charge in [0.1, 0.15) is 0 Å². The monoisotopic (exact) mass is 360 g/mol. The smallest absolute Gasteiger partial charge is 0.158 e. The Balaban J connectivity index is 1.84. The van der Waals surface area contributed by atoms with Crippen molar-refractivity contribution in [3.8, 4) is 11.4 Å². The van der Waals surface area contributed by atoms with Gasteiger partial charge in [0.15, 0.2) is 11.6 Å². The Hall–Kier alpha value is -1.53. The van der Waals surface area contributed by atoms with Crippen LogP contribution < -0.4 is 4.90 Å². The van der Waals surface area contributed by atoms with Crippen molar-refractivity contribution in [2.45, 2.75) is 45.3 Å². The third-order valence-electron chi connectivity index (χ3n) is 4.70. The summed E-state index contributed by atoms with van der Waals surface area (Å²) in [5, 5.41) is 14.7. The average molecular weight is 361 g/mol. The minimum atomic E-state index is -0.391. The van der Waals surface area contributed by atoms with Crippen LogP contribution in [0.4, 0.5) is 5.69 Å². The van der Waals surface area contributed by atoms with Gasteiger partial charge in [0.05, 0.1) is 12.6 Å². The molecule has 25 heavy (non-hydrogen) atoms. The summed E-state index contributed by atoms with van der Waals surface area (Å²) in [6.45, 7) is 4.78. The fourth-order valence-electron chi connectivity index (χ4n) is 3.15. The molecule has 1 N–H and O–H groups in total. The van der Waals surface area contributed by atoms with E-state index >= 15 is 0 Å². The predicted molar refractivity (Wildman–Crippen MR) is 105 cm³/mol. The average Bonchev–Trinajstić information content (AvgIpc) is 3.30. The molecule has 1 aliphatic rings. The second-order valence-corrected chi connectivity index (χ2v) is 7.57. The summed E-state index contributed by atoms with van der Waals surface area (Å²) in [4.78, 5) is 7.18. The highest BCUT2D eigenvalue weighted by atomic mass is 32.2. The van der Waals surface area contributed by atoms with Gasteiger partial charge in [-0.15, -0.1) is 0 Å².